The minimum atomic E-state index is -1.50. The van der Waals surface area contributed by atoms with Crippen molar-refractivity contribution in [1.29, 1.82) is 0 Å². The average Bonchev–Trinajstić information content (AvgIpc) is 3.26. The molecule has 0 radical (unpaired) electrons. The molecule has 0 saturated carbocycles. The second kappa shape index (κ2) is 8.65. The zero-order chi connectivity index (χ0) is 22.9. The number of rotatable bonds is 4. The van der Waals surface area contributed by atoms with Gasteiger partial charge in [-0.05, 0) is 49.4 Å². The summed E-state index contributed by atoms with van der Waals surface area (Å²) in [6.45, 7) is 4.26. The highest BCUT2D eigenvalue weighted by molar-refractivity contribution is 5.96. The SMILES string of the molecule is Cc1cc([C@@H]2CCN(c3nccc4cccc(C)c34)[C@H](F)[C@@H]2NC(=O)c2ccccc2)on1. The zero-order valence-electron chi connectivity index (χ0n) is 18.5. The minimum Gasteiger partial charge on any atom is -0.361 e. The summed E-state index contributed by atoms with van der Waals surface area (Å²) in [5.41, 5.74) is 2.23. The highest BCUT2D eigenvalue weighted by Gasteiger charge is 2.43. The van der Waals surface area contributed by atoms with Crippen molar-refractivity contribution in [1.82, 2.24) is 15.5 Å². The number of aryl methyl sites for hydroxylation is 2. The highest BCUT2D eigenvalue weighted by Crippen LogP contribution is 2.38. The molecule has 1 N–H and O–H groups in total. The number of benzene rings is 2. The fourth-order valence-electron chi connectivity index (χ4n) is 4.67. The van der Waals surface area contributed by atoms with Crippen molar-refractivity contribution in [3.05, 3.63) is 89.4 Å². The molecule has 1 fully saturated rings. The number of hydrogen-bond donors (Lipinski definition) is 1. The van der Waals surface area contributed by atoms with Crippen molar-refractivity contribution in [2.24, 2.45) is 0 Å². The lowest BCUT2D eigenvalue weighted by atomic mass is 9.87. The number of halogens is 1. The number of fused-ring (bicyclic) bond motifs is 1. The molecular formula is C26H25FN4O2. The molecule has 2 aromatic carbocycles. The van der Waals surface area contributed by atoms with E-state index in [4.69, 9.17) is 4.52 Å². The molecule has 3 atom stereocenters. The standard InChI is InChI=1S/C26H25FN4O2/c1-16-7-6-10-18-11-13-28-25(22(16)18)31-14-12-20(21-15-17(2)30-33-21)23(24(31)27)29-26(32)19-8-4-3-5-9-19/h3-11,13,15,20,23-24H,12,14H2,1-2H3,(H,29,32)/t20-,23+,24-/m0/s1. The fraction of sp³-hybridized carbons (Fsp3) is 0.269. The van der Waals surface area contributed by atoms with Crippen molar-refractivity contribution < 1.29 is 13.7 Å². The van der Waals surface area contributed by atoms with Crippen LogP contribution in [0.4, 0.5) is 10.2 Å². The molecule has 0 unspecified atom stereocenters. The van der Waals surface area contributed by atoms with Crippen LogP contribution in [0.2, 0.25) is 0 Å². The van der Waals surface area contributed by atoms with Crippen molar-refractivity contribution in [2.45, 2.75) is 38.5 Å². The normalized spacial score (nSPS) is 20.7. The monoisotopic (exact) mass is 444 g/mol. The number of amides is 1. The second-order valence-electron chi connectivity index (χ2n) is 8.50. The molecule has 0 bridgehead atoms. The lowest BCUT2D eigenvalue weighted by molar-refractivity contribution is 0.0863. The summed E-state index contributed by atoms with van der Waals surface area (Å²) in [6, 6.07) is 17.7. The molecule has 6 nitrogen and oxygen atoms in total. The first-order valence-corrected chi connectivity index (χ1v) is 11.1. The van der Waals surface area contributed by atoms with Crippen LogP contribution in [0.15, 0.2) is 71.4 Å². The number of pyridine rings is 1. The molecule has 33 heavy (non-hydrogen) atoms. The average molecular weight is 445 g/mol. The van der Waals surface area contributed by atoms with E-state index in [0.717, 1.165) is 22.0 Å². The first kappa shape index (κ1) is 21.1. The number of carbonyl (C=O) groups is 1. The number of alkyl halides is 1. The van der Waals surface area contributed by atoms with Gasteiger partial charge in [0.25, 0.3) is 5.91 Å². The summed E-state index contributed by atoms with van der Waals surface area (Å²) in [4.78, 5) is 19.2. The van der Waals surface area contributed by atoms with Gasteiger partial charge in [-0.15, -0.1) is 0 Å². The summed E-state index contributed by atoms with van der Waals surface area (Å²) in [7, 11) is 0. The predicted octanol–water partition coefficient (Wildman–Crippen LogP) is 4.93. The number of hydrogen-bond acceptors (Lipinski definition) is 5. The third-order valence-corrected chi connectivity index (χ3v) is 6.31. The lowest BCUT2D eigenvalue weighted by Gasteiger charge is -2.41. The van der Waals surface area contributed by atoms with E-state index in [-0.39, 0.29) is 11.8 Å². The van der Waals surface area contributed by atoms with E-state index in [1.807, 2.05) is 50.2 Å². The summed E-state index contributed by atoms with van der Waals surface area (Å²) in [6.07, 6.45) is 0.783. The van der Waals surface area contributed by atoms with E-state index in [2.05, 4.69) is 15.5 Å². The molecule has 4 aromatic rings. The first-order valence-electron chi connectivity index (χ1n) is 11.1. The molecule has 1 aliphatic rings. The molecule has 0 aliphatic carbocycles. The number of piperidine rings is 1. The molecule has 1 saturated heterocycles. The summed E-state index contributed by atoms with van der Waals surface area (Å²) < 4.78 is 21.8. The van der Waals surface area contributed by atoms with E-state index < -0.39 is 12.3 Å². The van der Waals surface area contributed by atoms with Crippen molar-refractivity contribution in [3.63, 3.8) is 0 Å². The van der Waals surface area contributed by atoms with E-state index >= 15 is 4.39 Å². The summed E-state index contributed by atoms with van der Waals surface area (Å²) >= 11 is 0. The molecule has 1 amide bonds. The van der Waals surface area contributed by atoms with Crippen molar-refractivity contribution in [2.75, 3.05) is 11.4 Å². The fourth-order valence-corrected chi connectivity index (χ4v) is 4.67. The maximum absolute atomic E-state index is 16.3. The lowest BCUT2D eigenvalue weighted by Crippen LogP contribution is -2.57. The molecule has 0 spiro atoms. The predicted molar refractivity (Wildman–Crippen MR) is 125 cm³/mol. The van der Waals surface area contributed by atoms with Gasteiger partial charge in [0.2, 0.25) is 0 Å². The Hall–Kier alpha value is -3.74. The Morgan fingerprint density at radius 1 is 1.12 bits per heavy atom. The maximum Gasteiger partial charge on any atom is 0.251 e. The number of anilines is 1. The van der Waals surface area contributed by atoms with Gasteiger partial charge in [0.15, 0.2) is 6.30 Å². The molecule has 5 rings (SSSR count). The van der Waals surface area contributed by atoms with Gasteiger partial charge < -0.3 is 14.7 Å². The van der Waals surface area contributed by atoms with Crippen LogP contribution in [0, 0.1) is 13.8 Å². The van der Waals surface area contributed by atoms with E-state index in [1.54, 1.807) is 35.4 Å². The van der Waals surface area contributed by atoms with Crippen LogP contribution in [-0.2, 0) is 0 Å². The van der Waals surface area contributed by atoms with Crippen LogP contribution in [0.5, 0.6) is 0 Å². The quantitative estimate of drug-likeness (QED) is 0.452. The Morgan fingerprint density at radius 3 is 2.70 bits per heavy atom. The second-order valence-corrected chi connectivity index (χ2v) is 8.50. The minimum absolute atomic E-state index is 0.326. The van der Waals surface area contributed by atoms with E-state index in [1.165, 1.54) is 0 Å². The van der Waals surface area contributed by atoms with Gasteiger partial charge in [0.1, 0.15) is 11.6 Å². The van der Waals surface area contributed by atoms with Crippen molar-refractivity contribution >= 4 is 22.5 Å². The largest absolute Gasteiger partial charge is 0.361 e. The molecule has 1 aliphatic heterocycles. The van der Waals surface area contributed by atoms with Gasteiger partial charge in [-0.2, -0.15) is 0 Å². The van der Waals surface area contributed by atoms with Gasteiger partial charge >= 0.3 is 0 Å². The van der Waals surface area contributed by atoms with Crippen LogP contribution in [0.1, 0.15) is 39.7 Å². The van der Waals surface area contributed by atoms with Gasteiger partial charge in [-0.1, -0.05) is 41.6 Å². The Labute approximate surface area is 191 Å². The number of carbonyl (C=O) groups excluding carboxylic acids is 1. The van der Waals surface area contributed by atoms with Crippen LogP contribution in [0.25, 0.3) is 10.8 Å². The Balaban J connectivity index is 1.53. The van der Waals surface area contributed by atoms with Crippen LogP contribution < -0.4 is 10.2 Å². The van der Waals surface area contributed by atoms with Crippen LogP contribution in [0.3, 0.4) is 0 Å². The third kappa shape index (κ3) is 3.95. The summed E-state index contributed by atoms with van der Waals surface area (Å²) in [5, 5.41) is 8.84. The number of nitrogens with zero attached hydrogens (tertiary/aromatic N) is 3. The third-order valence-electron chi connectivity index (χ3n) is 6.31. The number of nitrogens with one attached hydrogen (secondary N) is 1. The van der Waals surface area contributed by atoms with Crippen LogP contribution >= 0.6 is 0 Å². The summed E-state index contributed by atoms with van der Waals surface area (Å²) in [5.74, 6) is 0.495. The Morgan fingerprint density at radius 2 is 1.94 bits per heavy atom. The first-order chi connectivity index (χ1) is 16.0. The van der Waals surface area contributed by atoms with Gasteiger partial charge in [-0.3, -0.25) is 4.79 Å². The van der Waals surface area contributed by atoms with Crippen molar-refractivity contribution in [3.8, 4) is 0 Å². The topological polar surface area (TPSA) is 71.3 Å². The Kier molecular flexibility index (Phi) is 5.54. The molecule has 7 heteroatoms. The Bertz CT molecular complexity index is 1280. The van der Waals surface area contributed by atoms with E-state index in [0.29, 0.717) is 30.1 Å². The van der Waals surface area contributed by atoms with Crippen LogP contribution in [-0.4, -0.2) is 34.9 Å². The number of aromatic nitrogens is 2. The smallest absolute Gasteiger partial charge is 0.251 e. The van der Waals surface area contributed by atoms with Gasteiger partial charge in [0.05, 0.1) is 11.7 Å². The zero-order valence-corrected chi connectivity index (χ0v) is 18.5. The molecule has 168 valence electrons. The molecule has 2 aromatic heterocycles. The molecule has 3 heterocycles. The molecular weight excluding hydrogens is 419 g/mol. The van der Waals surface area contributed by atoms with E-state index in [9.17, 15) is 4.79 Å². The van der Waals surface area contributed by atoms with Gasteiger partial charge in [-0.25, -0.2) is 9.37 Å². The highest BCUT2D eigenvalue weighted by atomic mass is 19.1. The van der Waals surface area contributed by atoms with Gasteiger partial charge in [0, 0.05) is 35.7 Å². The maximum atomic E-state index is 16.3.